The van der Waals surface area contributed by atoms with Crippen LogP contribution >= 0.6 is 11.6 Å². The third-order valence-electron chi connectivity index (χ3n) is 2.64. The molecule has 0 fully saturated rings. The molecule has 0 aliphatic rings. The molecule has 0 aliphatic carbocycles. The van der Waals surface area contributed by atoms with E-state index in [4.69, 9.17) is 16.3 Å². The highest BCUT2D eigenvalue weighted by Crippen LogP contribution is 2.35. The SMILES string of the molecule is CCCNC(CC(F)(F)F)c1cc(Cl)ccc1OC. The molecule has 0 bridgehead atoms. The predicted octanol–water partition coefficient (Wildman–Crippen LogP) is 4.34. The van der Waals surface area contributed by atoms with Gasteiger partial charge in [-0.1, -0.05) is 18.5 Å². The molecule has 2 nitrogen and oxygen atoms in total. The quantitative estimate of drug-likeness (QED) is 0.843. The lowest BCUT2D eigenvalue weighted by Gasteiger charge is -2.22. The summed E-state index contributed by atoms with van der Waals surface area (Å²) in [7, 11) is 1.43. The van der Waals surface area contributed by atoms with Gasteiger partial charge in [0.2, 0.25) is 0 Å². The van der Waals surface area contributed by atoms with E-state index in [1.54, 1.807) is 12.1 Å². The summed E-state index contributed by atoms with van der Waals surface area (Å²) in [6.07, 6.45) is -4.46. The second-order valence-electron chi connectivity index (χ2n) is 4.21. The predicted molar refractivity (Wildman–Crippen MR) is 69.7 cm³/mol. The van der Waals surface area contributed by atoms with Crippen molar-refractivity contribution in [1.29, 1.82) is 0 Å². The maximum absolute atomic E-state index is 12.6. The molecule has 0 saturated heterocycles. The number of ether oxygens (including phenoxy) is 1. The van der Waals surface area contributed by atoms with Crippen molar-refractivity contribution in [2.24, 2.45) is 0 Å². The number of benzene rings is 1. The van der Waals surface area contributed by atoms with Gasteiger partial charge >= 0.3 is 6.18 Å². The van der Waals surface area contributed by atoms with E-state index in [0.717, 1.165) is 6.42 Å². The minimum Gasteiger partial charge on any atom is -0.496 e. The van der Waals surface area contributed by atoms with E-state index in [1.165, 1.54) is 13.2 Å². The fourth-order valence-electron chi connectivity index (χ4n) is 1.82. The van der Waals surface area contributed by atoms with Crippen molar-refractivity contribution in [2.75, 3.05) is 13.7 Å². The van der Waals surface area contributed by atoms with Gasteiger partial charge in [-0.05, 0) is 31.2 Å². The molecule has 19 heavy (non-hydrogen) atoms. The van der Waals surface area contributed by atoms with Crippen LogP contribution in [-0.2, 0) is 0 Å². The van der Waals surface area contributed by atoms with E-state index >= 15 is 0 Å². The summed E-state index contributed by atoms with van der Waals surface area (Å²) in [5.41, 5.74) is 0.431. The van der Waals surface area contributed by atoms with E-state index in [0.29, 0.717) is 22.9 Å². The Balaban J connectivity index is 3.04. The van der Waals surface area contributed by atoms with Gasteiger partial charge in [-0.3, -0.25) is 0 Å². The Hall–Kier alpha value is -0.940. The first-order valence-electron chi connectivity index (χ1n) is 6.01. The minimum atomic E-state index is -4.25. The summed E-state index contributed by atoms with van der Waals surface area (Å²) in [6.45, 7) is 2.39. The number of rotatable bonds is 6. The highest BCUT2D eigenvalue weighted by atomic mass is 35.5. The maximum Gasteiger partial charge on any atom is 0.390 e. The fourth-order valence-corrected chi connectivity index (χ4v) is 2.00. The number of halogens is 4. The van der Waals surface area contributed by atoms with Crippen molar-refractivity contribution in [3.05, 3.63) is 28.8 Å². The van der Waals surface area contributed by atoms with Crippen LogP contribution in [0.25, 0.3) is 0 Å². The third-order valence-corrected chi connectivity index (χ3v) is 2.88. The van der Waals surface area contributed by atoms with Gasteiger partial charge in [-0.2, -0.15) is 13.2 Å². The second-order valence-corrected chi connectivity index (χ2v) is 4.65. The van der Waals surface area contributed by atoms with E-state index in [9.17, 15) is 13.2 Å². The highest BCUT2D eigenvalue weighted by Gasteiger charge is 2.33. The average Bonchev–Trinajstić information content (AvgIpc) is 2.33. The summed E-state index contributed by atoms with van der Waals surface area (Å²) in [4.78, 5) is 0. The zero-order chi connectivity index (χ0) is 14.5. The standard InChI is InChI=1S/C13H17ClF3NO/c1-3-6-18-11(8-13(15,16)17)10-7-9(14)4-5-12(10)19-2/h4-5,7,11,18H,3,6,8H2,1-2H3. The number of alkyl halides is 3. The Kier molecular flexibility index (Phi) is 5.94. The molecule has 0 aromatic heterocycles. The summed E-state index contributed by atoms with van der Waals surface area (Å²) < 4.78 is 43.0. The second kappa shape index (κ2) is 7.01. The Labute approximate surface area is 115 Å². The van der Waals surface area contributed by atoms with Crippen LogP contribution < -0.4 is 10.1 Å². The van der Waals surface area contributed by atoms with Crippen LogP contribution in [0.5, 0.6) is 5.75 Å². The molecule has 6 heteroatoms. The zero-order valence-electron chi connectivity index (χ0n) is 10.9. The first-order chi connectivity index (χ1) is 8.87. The van der Waals surface area contributed by atoms with E-state index in [2.05, 4.69) is 5.32 Å². The fraction of sp³-hybridized carbons (Fsp3) is 0.538. The largest absolute Gasteiger partial charge is 0.496 e. The van der Waals surface area contributed by atoms with Crippen molar-refractivity contribution in [1.82, 2.24) is 5.32 Å². The number of hydrogen-bond acceptors (Lipinski definition) is 2. The molecule has 0 saturated carbocycles. The van der Waals surface area contributed by atoms with Crippen LogP contribution in [0.4, 0.5) is 13.2 Å². The van der Waals surface area contributed by atoms with E-state index < -0.39 is 18.6 Å². The van der Waals surface area contributed by atoms with Crippen LogP contribution in [0.15, 0.2) is 18.2 Å². The van der Waals surface area contributed by atoms with Crippen LogP contribution in [0.3, 0.4) is 0 Å². The summed E-state index contributed by atoms with van der Waals surface area (Å²) in [5.74, 6) is 0.405. The van der Waals surface area contributed by atoms with Crippen molar-refractivity contribution >= 4 is 11.6 Å². The first kappa shape index (κ1) is 16.1. The Morgan fingerprint density at radius 1 is 1.37 bits per heavy atom. The van der Waals surface area contributed by atoms with Gasteiger partial charge in [0.1, 0.15) is 5.75 Å². The zero-order valence-corrected chi connectivity index (χ0v) is 11.6. The molecule has 108 valence electrons. The molecule has 0 aliphatic heterocycles. The first-order valence-corrected chi connectivity index (χ1v) is 6.38. The van der Waals surface area contributed by atoms with Gasteiger partial charge < -0.3 is 10.1 Å². The number of nitrogens with one attached hydrogen (secondary N) is 1. The Morgan fingerprint density at radius 2 is 2.05 bits per heavy atom. The molecule has 0 amide bonds. The van der Waals surface area contributed by atoms with E-state index in [-0.39, 0.29) is 0 Å². The summed E-state index contributed by atoms with van der Waals surface area (Å²) in [6, 6.07) is 3.83. The maximum atomic E-state index is 12.6. The number of methoxy groups -OCH3 is 1. The van der Waals surface area contributed by atoms with Crippen LogP contribution in [0.2, 0.25) is 5.02 Å². The lowest BCUT2D eigenvalue weighted by Crippen LogP contribution is -2.27. The van der Waals surface area contributed by atoms with Crippen molar-refractivity contribution < 1.29 is 17.9 Å². The van der Waals surface area contributed by atoms with Gasteiger partial charge in [0, 0.05) is 16.6 Å². The van der Waals surface area contributed by atoms with Crippen LogP contribution in [-0.4, -0.2) is 19.8 Å². The van der Waals surface area contributed by atoms with E-state index in [1.807, 2.05) is 6.92 Å². The smallest absolute Gasteiger partial charge is 0.390 e. The molecule has 1 N–H and O–H groups in total. The molecule has 0 radical (unpaired) electrons. The summed E-state index contributed by atoms with van der Waals surface area (Å²) >= 11 is 5.86. The normalized spacial score (nSPS) is 13.4. The summed E-state index contributed by atoms with van der Waals surface area (Å²) in [5, 5.41) is 3.28. The molecule has 1 aromatic rings. The van der Waals surface area contributed by atoms with Gasteiger partial charge in [0.25, 0.3) is 0 Å². The van der Waals surface area contributed by atoms with Gasteiger partial charge in [0.15, 0.2) is 0 Å². The molecule has 1 unspecified atom stereocenters. The van der Waals surface area contributed by atoms with Crippen molar-refractivity contribution in [3.63, 3.8) is 0 Å². The Bertz CT molecular complexity index is 409. The lowest BCUT2D eigenvalue weighted by atomic mass is 10.0. The minimum absolute atomic E-state index is 0.390. The molecular formula is C13H17ClF3NO. The Morgan fingerprint density at radius 3 is 2.58 bits per heavy atom. The topological polar surface area (TPSA) is 21.3 Å². The van der Waals surface area contributed by atoms with Gasteiger partial charge in [0.05, 0.1) is 13.5 Å². The van der Waals surface area contributed by atoms with Crippen molar-refractivity contribution in [2.45, 2.75) is 32.0 Å². The van der Waals surface area contributed by atoms with Gasteiger partial charge in [-0.15, -0.1) is 0 Å². The molecule has 1 atom stereocenters. The molecule has 1 aromatic carbocycles. The van der Waals surface area contributed by atoms with Crippen molar-refractivity contribution in [3.8, 4) is 5.75 Å². The molecular weight excluding hydrogens is 279 g/mol. The molecule has 0 spiro atoms. The number of hydrogen-bond donors (Lipinski definition) is 1. The third kappa shape index (κ3) is 5.28. The average molecular weight is 296 g/mol. The molecule has 1 rings (SSSR count). The van der Waals surface area contributed by atoms with Crippen LogP contribution in [0.1, 0.15) is 31.4 Å². The molecule has 0 heterocycles. The lowest BCUT2D eigenvalue weighted by molar-refractivity contribution is -0.140. The van der Waals surface area contributed by atoms with Gasteiger partial charge in [-0.25, -0.2) is 0 Å². The highest BCUT2D eigenvalue weighted by molar-refractivity contribution is 6.30. The van der Waals surface area contributed by atoms with Crippen LogP contribution in [0, 0.1) is 0 Å². The monoisotopic (exact) mass is 295 g/mol.